The summed E-state index contributed by atoms with van der Waals surface area (Å²) in [6.45, 7) is 4.71. The van der Waals surface area contributed by atoms with Gasteiger partial charge in [0.15, 0.2) is 0 Å². The summed E-state index contributed by atoms with van der Waals surface area (Å²) in [6, 6.07) is 14.7. The molecule has 2 heterocycles. The van der Waals surface area contributed by atoms with Gasteiger partial charge in [-0.05, 0) is 29.3 Å². The largest absolute Gasteiger partial charge is 0.379 e. The van der Waals surface area contributed by atoms with E-state index in [1.807, 2.05) is 25.2 Å². The van der Waals surface area contributed by atoms with Gasteiger partial charge in [-0.15, -0.1) is 0 Å². The zero-order valence-corrected chi connectivity index (χ0v) is 17.3. The van der Waals surface area contributed by atoms with E-state index in [4.69, 9.17) is 4.74 Å². The van der Waals surface area contributed by atoms with Crippen LogP contribution in [-0.4, -0.2) is 54.8 Å². The third-order valence-electron chi connectivity index (χ3n) is 5.80. The molecule has 0 bridgehead atoms. The van der Waals surface area contributed by atoms with Gasteiger partial charge in [0.05, 0.1) is 13.2 Å². The van der Waals surface area contributed by atoms with E-state index in [0.717, 1.165) is 54.9 Å². The number of aromatic nitrogens is 1. The van der Waals surface area contributed by atoms with Gasteiger partial charge in [0.1, 0.15) is 5.82 Å². The number of carbonyl (C=O) groups excluding carboxylic acids is 1. The number of para-hydroxylation sites is 1. The van der Waals surface area contributed by atoms with E-state index in [0.29, 0.717) is 6.54 Å². The molecule has 1 atom stereocenters. The lowest BCUT2D eigenvalue weighted by Gasteiger charge is -2.26. The third kappa shape index (κ3) is 4.71. The van der Waals surface area contributed by atoms with Crippen molar-refractivity contribution in [2.75, 3.05) is 39.4 Å². The molecule has 4 rings (SSSR count). The second kappa shape index (κ2) is 9.41. The van der Waals surface area contributed by atoms with E-state index >= 15 is 0 Å². The first-order valence-corrected chi connectivity index (χ1v) is 10.5. The van der Waals surface area contributed by atoms with Crippen LogP contribution in [0.4, 0.5) is 4.39 Å². The number of morpholine rings is 1. The first kappa shape index (κ1) is 20.6. The number of aryl methyl sites for hydroxylation is 1. The smallest absolute Gasteiger partial charge is 0.220 e. The molecule has 0 saturated carbocycles. The molecular formula is C24H28FN3O2. The lowest BCUT2D eigenvalue weighted by molar-refractivity contribution is -0.121. The second-order valence-corrected chi connectivity index (χ2v) is 7.83. The number of halogens is 1. The maximum Gasteiger partial charge on any atom is 0.220 e. The highest BCUT2D eigenvalue weighted by Gasteiger charge is 2.23. The Morgan fingerprint density at radius 3 is 2.77 bits per heavy atom. The summed E-state index contributed by atoms with van der Waals surface area (Å²) in [5.41, 5.74) is 2.96. The number of carbonyl (C=O) groups is 1. The summed E-state index contributed by atoms with van der Waals surface area (Å²) in [5, 5.41) is 4.14. The fraction of sp³-hybridized carbons (Fsp3) is 0.375. The van der Waals surface area contributed by atoms with Gasteiger partial charge in [-0.2, -0.15) is 0 Å². The fourth-order valence-corrected chi connectivity index (χ4v) is 4.22. The van der Waals surface area contributed by atoms with E-state index in [1.54, 1.807) is 6.07 Å². The first-order valence-electron chi connectivity index (χ1n) is 10.5. The molecule has 1 aliphatic rings. The zero-order valence-electron chi connectivity index (χ0n) is 17.3. The molecule has 1 saturated heterocycles. The molecule has 6 heteroatoms. The average Bonchev–Trinajstić information content (AvgIpc) is 3.09. The molecule has 1 N–H and O–H groups in total. The Bertz CT molecular complexity index is 1010. The summed E-state index contributed by atoms with van der Waals surface area (Å²) < 4.78 is 21.4. The summed E-state index contributed by atoms with van der Waals surface area (Å²) in [5.74, 6) is -0.522. The van der Waals surface area contributed by atoms with Crippen LogP contribution in [0.5, 0.6) is 0 Å². The maximum atomic E-state index is 14.0. The van der Waals surface area contributed by atoms with Crippen LogP contribution < -0.4 is 5.32 Å². The van der Waals surface area contributed by atoms with Gasteiger partial charge in [0.2, 0.25) is 5.91 Å². The van der Waals surface area contributed by atoms with Gasteiger partial charge in [0, 0.05) is 62.7 Å². The van der Waals surface area contributed by atoms with Gasteiger partial charge in [0.25, 0.3) is 0 Å². The number of benzene rings is 2. The van der Waals surface area contributed by atoms with Crippen molar-refractivity contribution in [3.63, 3.8) is 0 Å². The highest BCUT2D eigenvalue weighted by Crippen LogP contribution is 2.34. The van der Waals surface area contributed by atoms with Gasteiger partial charge < -0.3 is 14.6 Å². The molecule has 1 unspecified atom stereocenters. The van der Waals surface area contributed by atoms with Crippen LogP contribution in [0.25, 0.3) is 10.9 Å². The van der Waals surface area contributed by atoms with Gasteiger partial charge in [-0.1, -0.05) is 30.3 Å². The lowest BCUT2D eigenvalue weighted by Crippen LogP contribution is -2.41. The van der Waals surface area contributed by atoms with E-state index in [1.165, 1.54) is 12.1 Å². The van der Waals surface area contributed by atoms with E-state index in [-0.39, 0.29) is 24.1 Å². The Morgan fingerprint density at radius 1 is 1.17 bits per heavy atom. The normalized spacial score (nSPS) is 15.9. The molecule has 5 nitrogen and oxygen atoms in total. The number of amides is 1. The summed E-state index contributed by atoms with van der Waals surface area (Å²) in [6.07, 6.45) is 2.34. The number of fused-ring (bicyclic) bond motifs is 1. The molecule has 30 heavy (non-hydrogen) atoms. The van der Waals surface area contributed by atoms with Crippen LogP contribution in [0, 0.1) is 5.82 Å². The molecule has 1 amide bonds. The Labute approximate surface area is 176 Å². The number of hydrogen-bond donors (Lipinski definition) is 1. The predicted octanol–water partition coefficient (Wildman–Crippen LogP) is 3.29. The van der Waals surface area contributed by atoms with Crippen molar-refractivity contribution in [3.8, 4) is 0 Å². The number of nitrogens with one attached hydrogen (secondary N) is 1. The van der Waals surface area contributed by atoms with Crippen LogP contribution in [-0.2, 0) is 16.6 Å². The van der Waals surface area contributed by atoms with Crippen LogP contribution in [0.2, 0.25) is 0 Å². The molecule has 0 radical (unpaired) electrons. The lowest BCUT2D eigenvalue weighted by atomic mass is 9.88. The average molecular weight is 410 g/mol. The van der Waals surface area contributed by atoms with Gasteiger partial charge >= 0.3 is 0 Å². The van der Waals surface area contributed by atoms with Crippen LogP contribution in [0.1, 0.15) is 23.5 Å². The Balaban J connectivity index is 1.53. The van der Waals surface area contributed by atoms with Crippen molar-refractivity contribution in [2.45, 2.75) is 12.3 Å². The fourth-order valence-electron chi connectivity index (χ4n) is 4.22. The molecule has 2 aromatic carbocycles. The summed E-state index contributed by atoms with van der Waals surface area (Å²) >= 11 is 0. The SMILES string of the molecule is Cn1cc(C(CC(=O)NCCN2CCOCC2)c2cccc(F)c2)c2ccccc21. The van der Waals surface area contributed by atoms with E-state index in [2.05, 4.69) is 33.1 Å². The molecule has 3 aromatic rings. The number of rotatable bonds is 7. The monoisotopic (exact) mass is 409 g/mol. The number of ether oxygens (including phenoxy) is 1. The van der Waals surface area contributed by atoms with Gasteiger partial charge in [-0.3, -0.25) is 9.69 Å². The molecule has 0 aliphatic carbocycles. The van der Waals surface area contributed by atoms with Crippen molar-refractivity contribution < 1.29 is 13.9 Å². The van der Waals surface area contributed by atoms with Crippen molar-refractivity contribution in [3.05, 3.63) is 71.7 Å². The Morgan fingerprint density at radius 2 is 1.97 bits per heavy atom. The van der Waals surface area contributed by atoms with Crippen molar-refractivity contribution in [1.29, 1.82) is 0 Å². The second-order valence-electron chi connectivity index (χ2n) is 7.83. The van der Waals surface area contributed by atoms with Gasteiger partial charge in [-0.25, -0.2) is 4.39 Å². The van der Waals surface area contributed by atoms with Crippen molar-refractivity contribution in [1.82, 2.24) is 14.8 Å². The Kier molecular flexibility index (Phi) is 6.45. The number of nitrogens with zero attached hydrogens (tertiary/aromatic N) is 2. The van der Waals surface area contributed by atoms with Crippen LogP contribution >= 0.6 is 0 Å². The molecule has 0 spiro atoms. The first-order chi connectivity index (χ1) is 14.6. The van der Waals surface area contributed by atoms with Crippen molar-refractivity contribution >= 4 is 16.8 Å². The highest BCUT2D eigenvalue weighted by molar-refractivity contribution is 5.86. The van der Waals surface area contributed by atoms with Crippen LogP contribution in [0.15, 0.2) is 54.7 Å². The number of hydrogen-bond acceptors (Lipinski definition) is 3. The minimum Gasteiger partial charge on any atom is -0.379 e. The molecular weight excluding hydrogens is 381 g/mol. The topological polar surface area (TPSA) is 46.5 Å². The highest BCUT2D eigenvalue weighted by atomic mass is 19.1. The standard InChI is InChI=1S/C24H28FN3O2/c1-27-17-22(20-7-2-3-8-23(20)27)21(18-5-4-6-19(25)15-18)16-24(29)26-9-10-28-11-13-30-14-12-28/h2-8,15,17,21H,9-14,16H2,1H3,(H,26,29). The summed E-state index contributed by atoms with van der Waals surface area (Å²) in [7, 11) is 2.00. The van der Waals surface area contributed by atoms with Crippen LogP contribution in [0.3, 0.4) is 0 Å². The van der Waals surface area contributed by atoms with E-state index < -0.39 is 0 Å². The van der Waals surface area contributed by atoms with Crippen molar-refractivity contribution in [2.24, 2.45) is 7.05 Å². The zero-order chi connectivity index (χ0) is 20.9. The molecule has 1 fully saturated rings. The van der Waals surface area contributed by atoms with E-state index in [9.17, 15) is 9.18 Å². The third-order valence-corrected chi connectivity index (χ3v) is 5.80. The quantitative estimate of drug-likeness (QED) is 0.651. The molecule has 1 aliphatic heterocycles. The molecule has 1 aromatic heterocycles. The minimum atomic E-state index is -0.287. The summed E-state index contributed by atoms with van der Waals surface area (Å²) in [4.78, 5) is 15.1. The Hall–Kier alpha value is -2.70. The minimum absolute atomic E-state index is 0.0227. The predicted molar refractivity (Wildman–Crippen MR) is 116 cm³/mol. The maximum absolute atomic E-state index is 14.0. The molecule has 158 valence electrons.